The number of nitrogens with one attached hydrogen (secondary N) is 3. The first kappa shape index (κ1) is 16.9. The van der Waals surface area contributed by atoms with Crippen molar-refractivity contribution in [2.75, 3.05) is 13.2 Å². The number of rotatable bonds is 6. The molecule has 3 aromatic rings. The van der Waals surface area contributed by atoms with Gasteiger partial charge in [0, 0.05) is 22.7 Å². The van der Waals surface area contributed by atoms with Gasteiger partial charge in [0.25, 0.3) is 5.91 Å². The van der Waals surface area contributed by atoms with Gasteiger partial charge in [-0.1, -0.05) is 30.4 Å². The molecule has 0 bridgehead atoms. The number of H-pyrrole nitrogens is 1. The molecule has 128 valence electrons. The fourth-order valence-corrected chi connectivity index (χ4v) is 2.59. The Hall–Kier alpha value is -2.90. The van der Waals surface area contributed by atoms with E-state index in [1.165, 1.54) is 0 Å². The molecule has 1 aromatic heterocycles. The molecule has 0 saturated carbocycles. The van der Waals surface area contributed by atoms with E-state index < -0.39 is 0 Å². The Balaban J connectivity index is 1.50. The number of carbonyl (C=O) groups excluding carboxylic acids is 1. The summed E-state index contributed by atoms with van der Waals surface area (Å²) in [4.78, 5) is 15.6. The number of thiocarbonyl (C=S) groups is 1. The second kappa shape index (κ2) is 7.78. The van der Waals surface area contributed by atoms with Gasteiger partial charge < -0.3 is 15.0 Å². The van der Waals surface area contributed by atoms with E-state index in [2.05, 4.69) is 10.3 Å². The maximum atomic E-state index is 12.3. The van der Waals surface area contributed by atoms with E-state index in [0.717, 1.165) is 10.9 Å². The lowest BCUT2D eigenvalue weighted by molar-refractivity contribution is 0.0948. The molecule has 0 fully saturated rings. The first-order valence-electron chi connectivity index (χ1n) is 7.70. The van der Waals surface area contributed by atoms with Gasteiger partial charge in [0.15, 0.2) is 0 Å². The number of amides is 1. The van der Waals surface area contributed by atoms with E-state index in [0.29, 0.717) is 30.0 Å². The summed E-state index contributed by atoms with van der Waals surface area (Å²) in [5, 5.41) is 12.5. The lowest BCUT2D eigenvalue weighted by atomic mass is 10.1. The molecular weight excluding hydrogens is 338 g/mol. The molecule has 1 amide bonds. The van der Waals surface area contributed by atoms with Crippen molar-refractivity contribution >= 4 is 34.0 Å². The Labute approximate surface area is 149 Å². The van der Waals surface area contributed by atoms with Crippen molar-refractivity contribution < 1.29 is 14.7 Å². The van der Waals surface area contributed by atoms with Crippen LogP contribution in [0.15, 0.2) is 54.7 Å². The monoisotopic (exact) mass is 355 g/mol. The minimum absolute atomic E-state index is 0.143. The highest BCUT2D eigenvalue weighted by Crippen LogP contribution is 2.17. The van der Waals surface area contributed by atoms with Crippen LogP contribution in [0.2, 0.25) is 0 Å². The Morgan fingerprint density at radius 3 is 2.68 bits per heavy atom. The largest absolute Gasteiger partial charge is 0.492 e. The van der Waals surface area contributed by atoms with Gasteiger partial charge in [-0.3, -0.25) is 15.5 Å². The van der Waals surface area contributed by atoms with E-state index in [1.807, 2.05) is 29.7 Å². The number of ether oxygens (including phenoxy) is 1. The summed E-state index contributed by atoms with van der Waals surface area (Å²) in [6.07, 6.45) is 1.71. The minimum atomic E-state index is -0.143. The van der Waals surface area contributed by atoms with Crippen LogP contribution in [-0.2, 0) is 0 Å². The number of hydrogen-bond donors (Lipinski definition) is 4. The molecule has 25 heavy (non-hydrogen) atoms. The smallest absolute Gasteiger partial charge is 0.253 e. The number of fused-ring (bicyclic) bond motifs is 1. The molecule has 3 rings (SSSR count). The molecule has 0 aliphatic heterocycles. The van der Waals surface area contributed by atoms with Crippen molar-refractivity contribution in [2.24, 2.45) is 0 Å². The van der Waals surface area contributed by atoms with Crippen molar-refractivity contribution in [3.05, 3.63) is 65.9 Å². The Bertz CT molecular complexity index is 890. The van der Waals surface area contributed by atoms with Gasteiger partial charge in [-0.15, -0.1) is 0 Å². The van der Waals surface area contributed by atoms with Crippen LogP contribution < -0.4 is 15.5 Å². The zero-order valence-electron chi connectivity index (χ0n) is 13.3. The predicted octanol–water partition coefficient (Wildman–Crippen LogP) is 2.63. The van der Waals surface area contributed by atoms with Crippen LogP contribution in [0.1, 0.15) is 15.9 Å². The van der Waals surface area contributed by atoms with Gasteiger partial charge in [-0.05, 0) is 30.3 Å². The highest BCUT2D eigenvalue weighted by Gasteiger charge is 2.10. The van der Waals surface area contributed by atoms with Crippen LogP contribution in [0.3, 0.4) is 0 Å². The highest BCUT2D eigenvalue weighted by molar-refractivity contribution is 7.80. The number of benzene rings is 2. The minimum Gasteiger partial charge on any atom is -0.492 e. The van der Waals surface area contributed by atoms with E-state index in [9.17, 15) is 4.79 Å². The Morgan fingerprint density at radius 2 is 1.92 bits per heavy atom. The number of hydrogen-bond acceptors (Lipinski definition) is 4. The number of aromatic amines is 1. The van der Waals surface area contributed by atoms with E-state index >= 15 is 0 Å². The molecule has 2 aromatic carbocycles. The van der Waals surface area contributed by atoms with Crippen molar-refractivity contribution in [1.29, 1.82) is 0 Å². The van der Waals surface area contributed by atoms with E-state index in [-0.39, 0.29) is 10.9 Å². The second-order valence-electron chi connectivity index (χ2n) is 5.32. The Morgan fingerprint density at radius 1 is 1.16 bits per heavy atom. The van der Waals surface area contributed by atoms with Gasteiger partial charge in [0.1, 0.15) is 17.3 Å². The molecule has 0 atom stereocenters. The summed E-state index contributed by atoms with van der Waals surface area (Å²) in [6.45, 7) is 0.729. The van der Waals surface area contributed by atoms with Crippen LogP contribution in [0, 0.1) is 0 Å². The predicted molar refractivity (Wildman–Crippen MR) is 99.2 cm³/mol. The SMILES string of the molecule is O=C(NCCOc1ccc(C(=S)NO)cc1)c1c[nH]c2ccccc12. The lowest BCUT2D eigenvalue weighted by Crippen LogP contribution is -2.27. The first-order valence-corrected chi connectivity index (χ1v) is 8.11. The van der Waals surface area contributed by atoms with Gasteiger partial charge in [-0.25, -0.2) is 0 Å². The molecule has 0 radical (unpaired) electrons. The quantitative estimate of drug-likeness (QED) is 0.310. The van der Waals surface area contributed by atoms with Crippen molar-refractivity contribution in [2.45, 2.75) is 0 Å². The standard InChI is InChI=1S/C18H17N3O3S/c22-17(15-11-20-16-4-2-1-3-14(15)16)19-9-10-24-13-7-5-12(6-8-13)18(25)21-23/h1-8,11,20,23H,9-10H2,(H,19,22)(H,21,25). The van der Waals surface area contributed by atoms with E-state index in [4.69, 9.17) is 22.2 Å². The topological polar surface area (TPSA) is 86.4 Å². The molecule has 0 saturated heterocycles. The number of carbonyl (C=O) groups is 1. The lowest BCUT2D eigenvalue weighted by Gasteiger charge is -2.08. The highest BCUT2D eigenvalue weighted by atomic mass is 32.1. The van der Waals surface area contributed by atoms with Crippen molar-refractivity contribution in [3.63, 3.8) is 0 Å². The van der Waals surface area contributed by atoms with Crippen LogP contribution >= 0.6 is 12.2 Å². The second-order valence-corrected chi connectivity index (χ2v) is 5.73. The maximum absolute atomic E-state index is 12.3. The third-order valence-electron chi connectivity index (χ3n) is 3.71. The Kier molecular flexibility index (Phi) is 5.27. The molecule has 1 heterocycles. The average molecular weight is 355 g/mol. The van der Waals surface area contributed by atoms with E-state index in [1.54, 1.807) is 30.5 Å². The summed E-state index contributed by atoms with van der Waals surface area (Å²) < 4.78 is 5.58. The summed E-state index contributed by atoms with van der Waals surface area (Å²) >= 11 is 4.92. The molecule has 0 aliphatic carbocycles. The number of aromatic nitrogens is 1. The third-order valence-corrected chi connectivity index (χ3v) is 4.04. The third kappa shape index (κ3) is 3.96. The first-order chi connectivity index (χ1) is 12.2. The molecule has 6 nitrogen and oxygen atoms in total. The maximum Gasteiger partial charge on any atom is 0.253 e. The van der Waals surface area contributed by atoms with Crippen molar-refractivity contribution in [1.82, 2.24) is 15.8 Å². The van der Waals surface area contributed by atoms with Crippen molar-refractivity contribution in [3.8, 4) is 5.75 Å². The van der Waals surface area contributed by atoms with Gasteiger partial charge >= 0.3 is 0 Å². The van der Waals surface area contributed by atoms with Gasteiger partial charge in [-0.2, -0.15) is 0 Å². The normalized spacial score (nSPS) is 10.4. The summed E-state index contributed by atoms with van der Waals surface area (Å²) in [5.74, 6) is 0.515. The average Bonchev–Trinajstić information content (AvgIpc) is 3.09. The summed E-state index contributed by atoms with van der Waals surface area (Å²) in [7, 11) is 0. The number of para-hydroxylation sites is 1. The fourth-order valence-electron chi connectivity index (χ4n) is 2.46. The molecular formula is C18H17N3O3S. The van der Waals surface area contributed by atoms with Gasteiger partial charge in [0.2, 0.25) is 0 Å². The number of hydroxylamine groups is 1. The fraction of sp³-hybridized carbons (Fsp3) is 0.111. The summed E-state index contributed by atoms with van der Waals surface area (Å²) in [5.41, 5.74) is 4.17. The zero-order chi connectivity index (χ0) is 17.6. The molecule has 0 aliphatic rings. The van der Waals surface area contributed by atoms with Gasteiger partial charge in [0.05, 0.1) is 12.1 Å². The molecule has 0 unspecified atom stereocenters. The molecule has 4 N–H and O–H groups in total. The summed E-state index contributed by atoms with van der Waals surface area (Å²) in [6, 6.07) is 14.6. The zero-order valence-corrected chi connectivity index (χ0v) is 14.1. The molecule has 7 heteroatoms. The van der Waals surface area contributed by atoms with Crippen LogP contribution in [-0.4, -0.2) is 34.2 Å². The van der Waals surface area contributed by atoms with Crippen LogP contribution in [0.5, 0.6) is 5.75 Å². The van der Waals surface area contributed by atoms with Crippen LogP contribution in [0.4, 0.5) is 0 Å². The molecule has 0 spiro atoms. The van der Waals surface area contributed by atoms with Crippen LogP contribution in [0.25, 0.3) is 10.9 Å².